The van der Waals surface area contributed by atoms with Crippen LogP contribution in [-0.2, 0) is 9.59 Å². The Hall–Kier alpha value is -0.710. The van der Waals surface area contributed by atoms with Gasteiger partial charge in [0.2, 0.25) is 5.91 Å². The van der Waals surface area contributed by atoms with Crippen LogP contribution in [-0.4, -0.2) is 46.0 Å². The molecular weight excluding hydrogens is 238 g/mol. The van der Waals surface area contributed by atoms with Crippen molar-refractivity contribution in [2.24, 2.45) is 5.92 Å². The third-order valence-electron chi connectivity index (χ3n) is 3.05. The molecule has 1 aliphatic heterocycles. The molecule has 1 aliphatic rings. The van der Waals surface area contributed by atoms with E-state index >= 15 is 0 Å². The van der Waals surface area contributed by atoms with Gasteiger partial charge >= 0.3 is 5.97 Å². The molecule has 1 N–H and O–H groups in total. The van der Waals surface area contributed by atoms with Crippen LogP contribution in [0.2, 0.25) is 0 Å². The van der Waals surface area contributed by atoms with Gasteiger partial charge < -0.3 is 10.0 Å². The third kappa shape index (κ3) is 4.98. The molecule has 0 bridgehead atoms. The number of nitrogens with zero attached hydrogens (tertiary/aromatic N) is 1. The van der Waals surface area contributed by atoms with Gasteiger partial charge in [0.15, 0.2) is 0 Å². The highest BCUT2D eigenvalue weighted by molar-refractivity contribution is 7.99. The highest BCUT2D eigenvalue weighted by Crippen LogP contribution is 2.26. The number of aliphatic carboxylic acids is 1. The molecular formula is C12H21NO3S. The average molecular weight is 259 g/mol. The SMILES string of the molecule is CC(C)N(CC(=O)O)C(=O)CC1CCSCC1. The number of hydrogen-bond acceptors (Lipinski definition) is 3. The van der Waals surface area contributed by atoms with E-state index in [1.807, 2.05) is 25.6 Å². The zero-order valence-electron chi connectivity index (χ0n) is 10.5. The summed E-state index contributed by atoms with van der Waals surface area (Å²) in [5, 5.41) is 8.79. The summed E-state index contributed by atoms with van der Waals surface area (Å²) >= 11 is 1.93. The summed E-state index contributed by atoms with van der Waals surface area (Å²) in [4.78, 5) is 24.2. The molecule has 1 fully saturated rings. The maximum absolute atomic E-state index is 12.0. The second kappa shape index (κ2) is 6.89. The largest absolute Gasteiger partial charge is 0.480 e. The van der Waals surface area contributed by atoms with Gasteiger partial charge in [-0.15, -0.1) is 0 Å². The Morgan fingerprint density at radius 3 is 2.41 bits per heavy atom. The smallest absolute Gasteiger partial charge is 0.323 e. The predicted molar refractivity (Wildman–Crippen MR) is 69.2 cm³/mol. The first-order valence-electron chi connectivity index (χ1n) is 6.09. The van der Waals surface area contributed by atoms with Crippen molar-refractivity contribution in [1.29, 1.82) is 0 Å². The minimum Gasteiger partial charge on any atom is -0.480 e. The summed E-state index contributed by atoms with van der Waals surface area (Å²) in [6.07, 6.45) is 2.66. The molecule has 98 valence electrons. The van der Waals surface area contributed by atoms with Crippen molar-refractivity contribution < 1.29 is 14.7 Å². The molecule has 0 unspecified atom stereocenters. The molecule has 0 saturated carbocycles. The van der Waals surface area contributed by atoms with Crippen LogP contribution in [0, 0.1) is 5.92 Å². The van der Waals surface area contributed by atoms with Gasteiger partial charge in [-0.05, 0) is 44.1 Å². The molecule has 0 aromatic heterocycles. The van der Waals surface area contributed by atoms with E-state index in [2.05, 4.69) is 0 Å². The predicted octanol–water partition coefficient (Wildman–Crippen LogP) is 1.84. The fourth-order valence-corrected chi connectivity index (χ4v) is 3.22. The van der Waals surface area contributed by atoms with Crippen LogP contribution < -0.4 is 0 Å². The van der Waals surface area contributed by atoms with Gasteiger partial charge in [-0.3, -0.25) is 9.59 Å². The van der Waals surface area contributed by atoms with Gasteiger partial charge in [0.25, 0.3) is 0 Å². The van der Waals surface area contributed by atoms with E-state index < -0.39 is 5.97 Å². The molecule has 1 rings (SSSR count). The lowest BCUT2D eigenvalue weighted by Crippen LogP contribution is -2.41. The molecule has 4 nitrogen and oxygen atoms in total. The van der Waals surface area contributed by atoms with Crippen molar-refractivity contribution >= 4 is 23.6 Å². The first-order chi connectivity index (χ1) is 8.00. The fourth-order valence-electron chi connectivity index (χ4n) is 2.02. The molecule has 0 radical (unpaired) electrons. The van der Waals surface area contributed by atoms with Gasteiger partial charge in [0, 0.05) is 12.5 Å². The van der Waals surface area contributed by atoms with Crippen LogP contribution in [0.3, 0.4) is 0 Å². The lowest BCUT2D eigenvalue weighted by atomic mass is 9.98. The Morgan fingerprint density at radius 1 is 1.35 bits per heavy atom. The molecule has 0 aliphatic carbocycles. The summed E-state index contributed by atoms with van der Waals surface area (Å²) in [6.45, 7) is 3.53. The van der Waals surface area contributed by atoms with Gasteiger partial charge in [-0.2, -0.15) is 11.8 Å². The van der Waals surface area contributed by atoms with Gasteiger partial charge in [0.05, 0.1) is 0 Å². The number of carbonyl (C=O) groups excluding carboxylic acids is 1. The first kappa shape index (κ1) is 14.4. The Kier molecular flexibility index (Phi) is 5.82. The van der Waals surface area contributed by atoms with Crippen LogP contribution in [0.5, 0.6) is 0 Å². The van der Waals surface area contributed by atoms with Crippen molar-refractivity contribution in [2.45, 2.75) is 39.2 Å². The van der Waals surface area contributed by atoms with Crippen LogP contribution in [0.15, 0.2) is 0 Å². The van der Waals surface area contributed by atoms with Crippen molar-refractivity contribution in [3.63, 3.8) is 0 Å². The molecule has 5 heteroatoms. The molecule has 1 heterocycles. The van der Waals surface area contributed by atoms with Gasteiger partial charge in [-0.1, -0.05) is 0 Å². The lowest BCUT2D eigenvalue weighted by molar-refractivity contribution is -0.146. The highest BCUT2D eigenvalue weighted by Gasteiger charge is 2.24. The number of rotatable bonds is 5. The second-order valence-corrected chi connectivity index (χ2v) is 5.99. The fraction of sp³-hybridized carbons (Fsp3) is 0.833. The second-order valence-electron chi connectivity index (χ2n) is 4.77. The van der Waals surface area contributed by atoms with E-state index in [1.54, 1.807) is 0 Å². The van der Waals surface area contributed by atoms with Crippen molar-refractivity contribution in [3.8, 4) is 0 Å². The third-order valence-corrected chi connectivity index (χ3v) is 4.10. The topological polar surface area (TPSA) is 57.6 Å². The number of thioether (sulfide) groups is 1. The summed E-state index contributed by atoms with van der Waals surface area (Å²) in [5.74, 6) is 1.74. The summed E-state index contributed by atoms with van der Waals surface area (Å²) in [7, 11) is 0. The van der Waals surface area contributed by atoms with E-state index in [0.717, 1.165) is 24.3 Å². The Bertz CT molecular complexity index is 275. The van der Waals surface area contributed by atoms with E-state index in [-0.39, 0.29) is 18.5 Å². The number of amides is 1. The number of carbonyl (C=O) groups is 2. The quantitative estimate of drug-likeness (QED) is 0.818. The Labute approximate surface area is 107 Å². The van der Waals surface area contributed by atoms with Gasteiger partial charge in [-0.25, -0.2) is 0 Å². The summed E-state index contributed by atoms with van der Waals surface area (Å²) in [6, 6.07) is -0.0448. The van der Waals surface area contributed by atoms with Crippen LogP contribution in [0.4, 0.5) is 0 Å². The summed E-state index contributed by atoms with van der Waals surface area (Å²) in [5.41, 5.74) is 0. The Morgan fingerprint density at radius 2 is 1.94 bits per heavy atom. The normalized spacial score (nSPS) is 17.1. The van der Waals surface area contributed by atoms with Crippen LogP contribution in [0.1, 0.15) is 33.1 Å². The lowest BCUT2D eigenvalue weighted by Gasteiger charge is -2.28. The van der Waals surface area contributed by atoms with Crippen molar-refractivity contribution in [1.82, 2.24) is 4.90 Å². The monoisotopic (exact) mass is 259 g/mol. The molecule has 0 atom stereocenters. The van der Waals surface area contributed by atoms with E-state index in [1.165, 1.54) is 4.90 Å². The minimum absolute atomic E-state index is 0.0145. The number of hydrogen-bond donors (Lipinski definition) is 1. The van der Waals surface area contributed by atoms with E-state index in [0.29, 0.717) is 12.3 Å². The molecule has 17 heavy (non-hydrogen) atoms. The van der Waals surface area contributed by atoms with Crippen molar-refractivity contribution in [2.75, 3.05) is 18.1 Å². The van der Waals surface area contributed by atoms with E-state index in [4.69, 9.17) is 5.11 Å². The standard InChI is InChI=1S/C12H21NO3S/c1-9(2)13(8-12(15)16)11(14)7-10-3-5-17-6-4-10/h9-10H,3-8H2,1-2H3,(H,15,16). The average Bonchev–Trinajstić information content (AvgIpc) is 2.26. The Balaban J connectivity index is 2.49. The van der Waals surface area contributed by atoms with Crippen molar-refractivity contribution in [3.05, 3.63) is 0 Å². The molecule has 1 amide bonds. The minimum atomic E-state index is -0.939. The molecule has 0 aromatic carbocycles. The highest BCUT2D eigenvalue weighted by atomic mass is 32.2. The van der Waals surface area contributed by atoms with E-state index in [9.17, 15) is 9.59 Å². The number of carboxylic acids is 1. The van der Waals surface area contributed by atoms with Crippen LogP contribution >= 0.6 is 11.8 Å². The molecule has 0 spiro atoms. The maximum Gasteiger partial charge on any atom is 0.323 e. The number of carboxylic acid groups (broad SMARTS) is 1. The summed E-state index contributed by atoms with van der Waals surface area (Å²) < 4.78 is 0. The zero-order chi connectivity index (χ0) is 12.8. The molecule has 0 aromatic rings. The van der Waals surface area contributed by atoms with Crippen LogP contribution in [0.25, 0.3) is 0 Å². The van der Waals surface area contributed by atoms with Gasteiger partial charge in [0.1, 0.15) is 6.54 Å². The first-order valence-corrected chi connectivity index (χ1v) is 7.25. The molecule has 1 saturated heterocycles. The maximum atomic E-state index is 12.0. The zero-order valence-corrected chi connectivity index (χ0v) is 11.3.